The summed E-state index contributed by atoms with van der Waals surface area (Å²) in [5, 5.41) is 4.20. The third kappa shape index (κ3) is 3.51. The summed E-state index contributed by atoms with van der Waals surface area (Å²) in [5.74, 6) is 1.78. The van der Waals surface area contributed by atoms with Crippen LogP contribution in [0, 0.1) is 13.8 Å². The van der Waals surface area contributed by atoms with Crippen molar-refractivity contribution >= 4 is 17.3 Å². The normalized spacial score (nSPS) is 18.4. The minimum Gasteiger partial charge on any atom is -0.467 e. The fourth-order valence-electron chi connectivity index (χ4n) is 4.41. The highest BCUT2D eigenvalue weighted by molar-refractivity contribution is 7.80. The van der Waals surface area contributed by atoms with E-state index in [-0.39, 0.29) is 12.1 Å². The Morgan fingerprint density at radius 1 is 1.03 bits per heavy atom. The summed E-state index contributed by atoms with van der Waals surface area (Å²) in [6.45, 7) is 4.83. The number of hydrogen-bond acceptors (Lipinski definition) is 4. The topological polar surface area (TPSA) is 59.1 Å². The van der Waals surface area contributed by atoms with E-state index in [2.05, 4.69) is 44.7 Å². The molecule has 0 bridgehead atoms. The second-order valence-corrected chi connectivity index (χ2v) is 8.07. The van der Waals surface area contributed by atoms with E-state index >= 15 is 0 Å². The van der Waals surface area contributed by atoms with Gasteiger partial charge in [0.05, 0.1) is 30.6 Å². The molecule has 5 rings (SSSR count). The molecule has 0 spiro atoms. The van der Waals surface area contributed by atoms with Crippen molar-refractivity contribution in [2.45, 2.75) is 32.5 Å². The number of rotatable bonds is 5. The molecule has 0 radical (unpaired) electrons. The average molecular weight is 430 g/mol. The van der Waals surface area contributed by atoms with Crippen molar-refractivity contribution < 1.29 is 4.42 Å². The highest BCUT2D eigenvalue weighted by Gasteiger charge is 2.41. The van der Waals surface area contributed by atoms with Crippen LogP contribution in [-0.4, -0.2) is 24.5 Å². The van der Waals surface area contributed by atoms with E-state index in [9.17, 15) is 0 Å². The van der Waals surface area contributed by atoms with E-state index in [1.807, 2.05) is 60.9 Å². The van der Waals surface area contributed by atoms with Gasteiger partial charge >= 0.3 is 0 Å². The average Bonchev–Trinajstić information content (AvgIpc) is 3.49. The number of thiocarbonyl (C=S) groups is 1. The lowest BCUT2D eigenvalue weighted by atomic mass is 9.96. The smallest absolute Gasteiger partial charge is 0.170 e. The zero-order valence-corrected chi connectivity index (χ0v) is 18.2. The Labute approximate surface area is 186 Å². The van der Waals surface area contributed by atoms with Gasteiger partial charge in [0, 0.05) is 23.8 Å². The van der Waals surface area contributed by atoms with Crippen LogP contribution in [0.15, 0.2) is 77.7 Å². The second kappa shape index (κ2) is 8.00. The quantitative estimate of drug-likeness (QED) is 0.466. The molecule has 7 heteroatoms. The molecule has 0 amide bonds. The third-order valence-electron chi connectivity index (χ3n) is 5.77. The molecule has 1 N–H and O–H groups in total. The van der Waals surface area contributed by atoms with E-state index in [1.54, 1.807) is 6.26 Å². The van der Waals surface area contributed by atoms with E-state index < -0.39 is 0 Å². The first kappa shape index (κ1) is 19.5. The van der Waals surface area contributed by atoms with Crippen molar-refractivity contribution in [1.82, 2.24) is 24.8 Å². The first-order chi connectivity index (χ1) is 15.1. The molecule has 0 aliphatic carbocycles. The van der Waals surface area contributed by atoms with Gasteiger partial charge in [0.25, 0.3) is 0 Å². The molecule has 6 nitrogen and oxygen atoms in total. The molecule has 0 aromatic carbocycles. The van der Waals surface area contributed by atoms with Crippen LogP contribution in [0.5, 0.6) is 0 Å². The van der Waals surface area contributed by atoms with Crippen LogP contribution in [0.25, 0.3) is 5.82 Å². The Balaban J connectivity index is 1.62. The first-order valence-corrected chi connectivity index (χ1v) is 10.6. The summed E-state index contributed by atoms with van der Waals surface area (Å²) in [7, 11) is 0. The lowest BCUT2D eigenvalue weighted by Crippen LogP contribution is -2.29. The molecule has 1 saturated heterocycles. The van der Waals surface area contributed by atoms with Crippen LogP contribution < -0.4 is 5.32 Å². The van der Waals surface area contributed by atoms with Gasteiger partial charge in [-0.3, -0.25) is 4.98 Å². The maximum absolute atomic E-state index is 5.77. The van der Waals surface area contributed by atoms with Crippen molar-refractivity contribution in [3.63, 3.8) is 0 Å². The summed E-state index contributed by atoms with van der Waals surface area (Å²) < 4.78 is 7.83. The number of aryl methyl sites for hydroxylation is 1. The van der Waals surface area contributed by atoms with Crippen LogP contribution in [0.2, 0.25) is 0 Å². The lowest BCUT2D eigenvalue weighted by Gasteiger charge is -2.27. The molecule has 5 heterocycles. The summed E-state index contributed by atoms with van der Waals surface area (Å²) in [4.78, 5) is 11.4. The molecule has 31 heavy (non-hydrogen) atoms. The van der Waals surface area contributed by atoms with Gasteiger partial charge in [-0.15, -0.1) is 0 Å². The monoisotopic (exact) mass is 429 g/mol. The SMILES string of the molecule is Cc1cc([C@H]2[C@H](c3ccccn3)NC(=S)N2Cc2ccco2)c(C)n1-c1ccccn1. The van der Waals surface area contributed by atoms with Gasteiger partial charge in [0.15, 0.2) is 5.11 Å². The summed E-state index contributed by atoms with van der Waals surface area (Å²) in [5.41, 5.74) is 4.41. The molecule has 0 saturated carbocycles. The van der Waals surface area contributed by atoms with Gasteiger partial charge < -0.3 is 19.2 Å². The molecule has 4 aromatic rings. The fraction of sp³-hybridized carbons (Fsp3) is 0.208. The van der Waals surface area contributed by atoms with Crippen LogP contribution in [-0.2, 0) is 6.54 Å². The highest BCUT2D eigenvalue weighted by Crippen LogP contribution is 2.42. The standard InChI is InChI=1S/C24H23N5OS/c1-16-14-19(17(2)29(16)21-10-4-6-12-26-21)23-22(20-9-3-5-11-25-20)27-24(31)28(23)15-18-8-7-13-30-18/h3-14,22-23H,15H2,1-2H3,(H,27,31)/t22-,23-/m0/s1. The predicted octanol–water partition coefficient (Wildman–Crippen LogP) is 4.65. The molecule has 1 aliphatic heterocycles. The van der Waals surface area contributed by atoms with Crippen molar-refractivity contribution in [1.29, 1.82) is 0 Å². The predicted molar refractivity (Wildman–Crippen MR) is 123 cm³/mol. The lowest BCUT2D eigenvalue weighted by molar-refractivity contribution is 0.286. The largest absolute Gasteiger partial charge is 0.467 e. The summed E-state index contributed by atoms with van der Waals surface area (Å²) in [6.07, 6.45) is 5.34. The van der Waals surface area contributed by atoms with Crippen molar-refractivity contribution in [2.24, 2.45) is 0 Å². The van der Waals surface area contributed by atoms with Gasteiger partial charge in [-0.1, -0.05) is 12.1 Å². The number of nitrogens with zero attached hydrogens (tertiary/aromatic N) is 4. The number of aromatic nitrogens is 3. The molecule has 0 unspecified atom stereocenters. The zero-order valence-electron chi connectivity index (χ0n) is 17.4. The molecule has 156 valence electrons. The fourth-order valence-corrected chi connectivity index (χ4v) is 4.72. The molecule has 1 fully saturated rings. The van der Waals surface area contributed by atoms with E-state index in [0.717, 1.165) is 28.7 Å². The Morgan fingerprint density at radius 3 is 2.52 bits per heavy atom. The first-order valence-electron chi connectivity index (χ1n) is 10.2. The highest BCUT2D eigenvalue weighted by atomic mass is 32.1. The summed E-state index contributed by atoms with van der Waals surface area (Å²) in [6, 6.07) is 18.0. The molecule has 2 atom stereocenters. The number of pyridine rings is 2. The molecule has 1 aliphatic rings. The van der Waals surface area contributed by atoms with Gasteiger partial charge in [-0.05, 0) is 74.1 Å². The Kier molecular flexibility index (Phi) is 5.03. The zero-order chi connectivity index (χ0) is 21.4. The van der Waals surface area contributed by atoms with Gasteiger partial charge in [0.2, 0.25) is 0 Å². The third-order valence-corrected chi connectivity index (χ3v) is 6.12. The van der Waals surface area contributed by atoms with Crippen LogP contribution in [0.1, 0.15) is 40.5 Å². The maximum Gasteiger partial charge on any atom is 0.170 e. The minimum atomic E-state index is -0.0682. The Hall–Kier alpha value is -3.45. The van der Waals surface area contributed by atoms with Gasteiger partial charge in [-0.25, -0.2) is 4.98 Å². The molecular weight excluding hydrogens is 406 g/mol. The number of furan rings is 1. The van der Waals surface area contributed by atoms with Crippen molar-refractivity contribution in [3.05, 3.63) is 102 Å². The van der Waals surface area contributed by atoms with E-state index in [4.69, 9.17) is 16.6 Å². The second-order valence-electron chi connectivity index (χ2n) is 7.68. The number of hydrogen-bond donors (Lipinski definition) is 1. The Bertz CT molecular complexity index is 1190. The maximum atomic E-state index is 5.77. The minimum absolute atomic E-state index is 0.0313. The Morgan fingerprint density at radius 2 is 1.84 bits per heavy atom. The molecular formula is C24H23N5OS. The molecule has 4 aromatic heterocycles. The van der Waals surface area contributed by atoms with Crippen LogP contribution in [0.4, 0.5) is 0 Å². The van der Waals surface area contributed by atoms with Crippen LogP contribution >= 0.6 is 12.2 Å². The van der Waals surface area contributed by atoms with E-state index in [0.29, 0.717) is 11.7 Å². The number of nitrogens with one attached hydrogen (secondary N) is 1. The van der Waals surface area contributed by atoms with Crippen molar-refractivity contribution in [2.75, 3.05) is 0 Å². The van der Waals surface area contributed by atoms with Gasteiger partial charge in [0.1, 0.15) is 11.6 Å². The van der Waals surface area contributed by atoms with Crippen LogP contribution in [0.3, 0.4) is 0 Å². The van der Waals surface area contributed by atoms with E-state index in [1.165, 1.54) is 5.56 Å². The van der Waals surface area contributed by atoms with Gasteiger partial charge in [-0.2, -0.15) is 0 Å². The summed E-state index contributed by atoms with van der Waals surface area (Å²) >= 11 is 5.77. The van der Waals surface area contributed by atoms with Crippen molar-refractivity contribution in [3.8, 4) is 5.82 Å².